The number of carbonyl (C=O) groups excluding carboxylic acids is 1. The van der Waals surface area contributed by atoms with E-state index in [0.29, 0.717) is 38.5 Å². The van der Waals surface area contributed by atoms with Crippen LogP contribution in [0.1, 0.15) is 36.3 Å². The molecule has 0 bridgehead atoms. The molecule has 158 valence electrons. The molecular weight excluding hydrogens is 390 g/mol. The van der Waals surface area contributed by atoms with Gasteiger partial charge in [-0.25, -0.2) is 8.42 Å². The highest BCUT2D eigenvalue weighted by molar-refractivity contribution is 7.89. The lowest BCUT2D eigenvalue weighted by Gasteiger charge is -2.29. The molecule has 1 aromatic carbocycles. The maximum atomic E-state index is 13.4. The van der Waals surface area contributed by atoms with Crippen LogP contribution in [0.25, 0.3) is 0 Å². The molecule has 1 saturated heterocycles. The van der Waals surface area contributed by atoms with Gasteiger partial charge >= 0.3 is 0 Å². The molecule has 1 amide bonds. The van der Waals surface area contributed by atoms with Crippen LogP contribution >= 0.6 is 0 Å². The SMILES string of the molecule is CCC(C)N(Cc1ccccc1)C(=O)c1cc(S(=O)(=O)N2CCOCC2)cn1C. The predicted molar refractivity (Wildman–Crippen MR) is 111 cm³/mol. The number of carbonyl (C=O) groups is 1. The molecular formula is C21H29N3O4S. The Labute approximate surface area is 172 Å². The number of benzene rings is 1. The Balaban J connectivity index is 1.89. The third-order valence-electron chi connectivity index (χ3n) is 5.39. The highest BCUT2D eigenvalue weighted by Crippen LogP contribution is 2.22. The van der Waals surface area contributed by atoms with Crippen LogP contribution in [0.15, 0.2) is 47.5 Å². The van der Waals surface area contributed by atoms with Crippen LogP contribution < -0.4 is 0 Å². The lowest BCUT2D eigenvalue weighted by molar-refractivity contribution is 0.0661. The monoisotopic (exact) mass is 419 g/mol. The van der Waals surface area contributed by atoms with Gasteiger partial charge in [0.05, 0.1) is 13.2 Å². The molecule has 1 unspecified atom stereocenters. The number of aromatic nitrogens is 1. The van der Waals surface area contributed by atoms with Gasteiger partial charge in [0, 0.05) is 38.9 Å². The molecule has 8 heteroatoms. The Morgan fingerprint density at radius 2 is 1.86 bits per heavy atom. The van der Waals surface area contributed by atoms with Crippen molar-refractivity contribution in [1.82, 2.24) is 13.8 Å². The summed E-state index contributed by atoms with van der Waals surface area (Å²) in [6, 6.07) is 11.3. The van der Waals surface area contributed by atoms with E-state index in [-0.39, 0.29) is 16.8 Å². The van der Waals surface area contributed by atoms with E-state index in [0.717, 1.165) is 12.0 Å². The number of rotatable bonds is 7. The minimum absolute atomic E-state index is 0.0249. The summed E-state index contributed by atoms with van der Waals surface area (Å²) in [5.74, 6) is -0.172. The molecule has 0 spiro atoms. The topological polar surface area (TPSA) is 71.8 Å². The number of sulfonamides is 1. The number of amides is 1. The number of morpholine rings is 1. The fourth-order valence-corrected chi connectivity index (χ4v) is 4.88. The molecule has 2 aromatic rings. The summed E-state index contributed by atoms with van der Waals surface area (Å²) >= 11 is 0. The van der Waals surface area contributed by atoms with E-state index in [4.69, 9.17) is 4.74 Å². The molecule has 29 heavy (non-hydrogen) atoms. The summed E-state index contributed by atoms with van der Waals surface area (Å²) in [4.78, 5) is 15.3. The lowest BCUT2D eigenvalue weighted by atomic mass is 10.1. The van der Waals surface area contributed by atoms with E-state index >= 15 is 0 Å². The van der Waals surface area contributed by atoms with Crippen molar-refractivity contribution in [2.75, 3.05) is 26.3 Å². The van der Waals surface area contributed by atoms with Crippen molar-refractivity contribution in [3.8, 4) is 0 Å². The maximum Gasteiger partial charge on any atom is 0.271 e. The molecule has 0 radical (unpaired) electrons. The fraction of sp³-hybridized carbons (Fsp3) is 0.476. The molecule has 1 fully saturated rings. The third-order valence-corrected chi connectivity index (χ3v) is 7.25. The molecule has 7 nitrogen and oxygen atoms in total. The normalized spacial score (nSPS) is 16.5. The van der Waals surface area contributed by atoms with Gasteiger partial charge < -0.3 is 14.2 Å². The first-order valence-corrected chi connectivity index (χ1v) is 11.4. The summed E-state index contributed by atoms with van der Waals surface area (Å²) in [5.41, 5.74) is 1.41. The van der Waals surface area contributed by atoms with Crippen molar-refractivity contribution < 1.29 is 17.9 Å². The minimum Gasteiger partial charge on any atom is -0.379 e. The Kier molecular flexibility index (Phi) is 6.77. The number of ether oxygens (including phenoxy) is 1. The van der Waals surface area contributed by atoms with Crippen LogP contribution in [0, 0.1) is 0 Å². The smallest absolute Gasteiger partial charge is 0.271 e. The van der Waals surface area contributed by atoms with Crippen molar-refractivity contribution in [1.29, 1.82) is 0 Å². The predicted octanol–water partition coefficient (Wildman–Crippen LogP) is 2.49. The summed E-state index contributed by atoms with van der Waals surface area (Å²) in [5, 5.41) is 0. The van der Waals surface area contributed by atoms with E-state index < -0.39 is 10.0 Å². The first-order chi connectivity index (χ1) is 13.8. The minimum atomic E-state index is -3.65. The van der Waals surface area contributed by atoms with Gasteiger partial charge in [0.15, 0.2) is 0 Å². The van der Waals surface area contributed by atoms with Gasteiger partial charge in [-0.15, -0.1) is 0 Å². The van der Waals surface area contributed by atoms with Crippen molar-refractivity contribution in [2.45, 2.75) is 37.8 Å². The lowest BCUT2D eigenvalue weighted by Crippen LogP contribution is -2.40. The van der Waals surface area contributed by atoms with Crippen molar-refractivity contribution in [2.24, 2.45) is 7.05 Å². The third kappa shape index (κ3) is 4.71. The maximum absolute atomic E-state index is 13.4. The second-order valence-electron chi connectivity index (χ2n) is 7.36. The van der Waals surface area contributed by atoms with E-state index in [2.05, 4.69) is 0 Å². The van der Waals surface area contributed by atoms with Gasteiger partial charge in [-0.3, -0.25) is 4.79 Å². The van der Waals surface area contributed by atoms with Crippen LogP contribution in [-0.2, 0) is 28.4 Å². The van der Waals surface area contributed by atoms with Gasteiger partial charge in [0.2, 0.25) is 10.0 Å². The Hall–Kier alpha value is -2.16. The second-order valence-corrected chi connectivity index (χ2v) is 9.30. The van der Waals surface area contributed by atoms with Gasteiger partial charge in [-0.05, 0) is 25.0 Å². The van der Waals surface area contributed by atoms with Gasteiger partial charge in [-0.2, -0.15) is 4.31 Å². The Morgan fingerprint density at radius 1 is 1.21 bits per heavy atom. The van der Waals surface area contributed by atoms with Gasteiger partial charge in [0.25, 0.3) is 5.91 Å². The number of nitrogens with zero attached hydrogens (tertiary/aromatic N) is 3. The molecule has 3 rings (SSSR count). The van der Waals surface area contributed by atoms with Gasteiger partial charge in [-0.1, -0.05) is 37.3 Å². The highest BCUT2D eigenvalue weighted by atomic mass is 32.2. The molecule has 1 aliphatic rings. The number of hydrogen-bond donors (Lipinski definition) is 0. The zero-order valence-corrected chi connectivity index (χ0v) is 18.1. The molecule has 1 aliphatic heterocycles. The Bertz CT molecular complexity index is 934. The van der Waals surface area contributed by atoms with Crippen LogP contribution in [0.5, 0.6) is 0 Å². The number of hydrogen-bond acceptors (Lipinski definition) is 4. The van der Waals surface area contributed by atoms with Crippen LogP contribution in [0.3, 0.4) is 0 Å². The largest absolute Gasteiger partial charge is 0.379 e. The van der Waals surface area contributed by atoms with Crippen LogP contribution in [-0.4, -0.2) is 60.4 Å². The van der Waals surface area contributed by atoms with Crippen molar-refractivity contribution >= 4 is 15.9 Å². The summed E-state index contributed by atoms with van der Waals surface area (Å²) < 4.78 is 34.2. The van der Waals surface area contributed by atoms with E-state index in [9.17, 15) is 13.2 Å². The van der Waals surface area contributed by atoms with Gasteiger partial charge in [0.1, 0.15) is 10.6 Å². The molecule has 0 saturated carbocycles. The first kappa shape index (κ1) is 21.5. The average molecular weight is 420 g/mol. The van der Waals surface area contributed by atoms with Crippen LogP contribution in [0.2, 0.25) is 0 Å². The van der Waals surface area contributed by atoms with E-state index in [1.165, 1.54) is 16.6 Å². The van der Waals surface area contributed by atoms with E-state index in [1.54, 1.807) is 16.5 Å². The van der Waals surface area contributed by atoms with Crippen molar-refractivity contribution in [3.63, 3.8) is 0 Å². The summed E-state index contributed by atoms with van der Waals surface area (Å²) in [6.45, 7) is 5.95. The quantitative estimate of drug-likeness (QED) is 0.691. The second kappa shape index (κ2) is 9.11. The molecule has 1 atom stereocenters. The molecule has 0 N–H and O–H groups in total. The number of aryl methyl sites for hydroxylation is 1. The standard InChI is InChI=1S/C21H29N3O4S/c1-4-17(2)24(15-18-8-6-5-7-9-18)21(25)20-14-19(16-22(20)3)29(26,27)23-10-12-28-13-11-23/h5-9,14,16-17H,4,10-13,15H2,1-3H3. The van der Waals surface area contributed by atoms with E-state index in [1.807, 2.05) is 44.2 Å². The summed E-state index contributed by atoms with van der Waals surface area (Å²) in [7, 11) is -1.93. The zero-order chi connectivity index (χ0) is 21.0. The molecule has 2 heterocycles. The van der Waals surface area contributed by atoms with Crippen molar-refractivity contribution in [3.05, 3.63) is 53.9 Å². The summed E-state index contributed by atoms with van der Waals surface area (Å²) in [6.07, 6.45) is 2.33. The molecule has 1 aromatic heterocycles. The zero-order valence-electron chi connectivity index (χ0n) is 17.2. The van der Waals surface area contributed by atoms with Crippen LogP contribution in [0.4, 0.5) is 0 Å². The molecule has 0 aliphatic carbocycles. The Morgan fingerprint density at radius 3 is 2.48 bits per heavy atom. The average Bonchev–Trinajstić information content (AvgIpc) is 3.15. The first-order valence-electron chi connectivity index (χ1n) is 9.93. The fourth-order valence-electron chi connectivity index (χ4n) is 3.40. The highest BCUT2D eigenvalue weighted by Gasteiger charge is 2.30.